The molecule has 0 saturated carbocycles. The number of aliphatic hydroxyl groups is 2. The lowest BCUT2D eigenvalue weighted by Gasteiger charge is -2.19. The second kappa shape index (κ2) is 60.9. The minimum absolute atomic E-state index is 0.0720. The molecule has 0 heterocycles. The maximum Gasteiger partial charge on any atom is 0.220 e. The van der Waals surface area contributed by atoms with Gasteiger partial charge in [0.2, 0.25) is 5.91 Å². The fourth-order valence-corrected chi connectivity index (χ4v) is 10.0. The van der Waals surface area contributed by atoms with Crippen LogP contribution in [0.5, 0.6) is 0 Å². The van der Waals surface area contributed by atoms with Gasteiger partial charge in [-0.25, -0.2) is 0 Å². The van der Waals surface area contributed by atoms with Gasteiger partial charge in [-0.1, -0.05) is 339 Å². The number of hydrogen-bond acceptors (Lipinski definition) is 3. The van der Waals surface area contributed by atoms with Crippen molar-refractivity contribution in [1.29, 1.82) is 0 Å². The molecule has 4 nitrogen and oxygen atoms in total. The van der Waals surface area contributed by atoms with Gasteiger partial charge in [0.05, 0.1) is 18.8 Å². The molecule has 4 heteroatoms. The molecule has 0 aromatic carbocycles. The van der Waals surface area contributed by atoms with Gasteiger partial charge in [-0.3, -0.25) is 4.79 Å². The Bertz CT molecular complexity index is 1050. The SMILES string of the molecule is CCCCCCCC/C=C/CC/C=C/CC/C=C/C(O)C(CO)NC(=O)CCCCCCCCCCCCCCCCCCCCCCCCCCCCCCCCCCCCCCCCCCC. The number of rotatable bonds is 59. The van der Waals surface area contributed by atoms with E-state index in [4.69, 9.17) is 0 Å². The number of carbonyl (C=O) groups excluding carboxylic acids is 1. The van der Waals surface area contributed by atoms with E-state index < -0.39 is 12.1 Å². The molecule has 0 aliphatic carbocycles. The van der Waals surface area contributed by atoms with Crippen LogP contribution in [-0.2, 0) is 4.79 Å². The predicted octanol–water partition coefficient (Wildman–Crippen LogP) is 21.2. The summed E-state index contributed by atoms with van der Waals surface area (Å²) in [5, 5.41) is 23.1. The fraction of sp³-hybridized carbons (Fsp3) is 0.892. The Morgan fingerprint density at radius 1 is 0.333 bits per heavy atom. The van der Waals surface area contributed by atoms with Gasteiger partial charge in [0.25, 0.3) is 0 Å². The summed E-state index contributed by atoms with van der Waals surface area (Å²) in [7, 11) is 0. The van der Waals surface area contributed by atoms with E-state index in [2.05, 4.69) is 43.5 Å². The summed E-state index contributed by atoms with van der Waals surface area (Å²) >= 11 is 0. The van der Waals surface area contributed by atoms with Gasteiger partial charge < -0.3 is 15.5 Å². The van der Waals surface area contributed by atoms with E-state index in [9.17, 15) is 15.0 Å². The molecule has 0 aliphatic rings. The van der Waals surface area contributed by atoms with Crippen LogP contribution in [0, 0.1) is 0 Å². The van der Waals surface area contributed by atoms with Crippen molar-refractivity contribution in [3.05, 3.63) is 36.5 Å². The first-order chi connectivity index (χ1) is 34.2. The molecule has 0 aromatic rings. The normalized spacial score (nSPS) is 12.9. The van der Waals surface area contributed by atoms with Crippen molar-refractivity contribution >= 4 is 5.91 Å². The Labute approximate surface area is 433 Å². The van der Waals surface area contributed by atoms with Gasteiger partial charge in [0.15, 0.2) is 0 Å². The van der Waals surface area contributed by atoms with E-state index in [1.807, 2.05) is 6.08 Å². The summed E-state index contributed by atoms with van der Waals surface area (Å²) in [6.07, 6.45) is 83.7. The summed E-state index contributed by atoms with van der Waals surface area (Å²) in [4.78, 5) is 12.5. The van der Waals surface area contributed by atoms with Crippen molar-refractivity contribution in [2.24, 2.45) is 0 Å². The number of unbranched alkanes of at least 4 members (excludes halogenated alkanes) is 48. The van der Waals surface area contributed by atoms with Crippen LogP contribution < -0.4 is 5.32 Å². The van der Waals surface area contributed by atoms with Crippen LogP contribution in [-0.4, -0.2) is 34.9 Å². The summed E-state index contributed by atoms with van der Waals surface area (Å²) in [6, 6.07) is -0.644. The van der Waals surface area contributed by atoms with E-state index in [1.54, 1.807) is 6.08 Å². The Morgan fingerprint density at radius 3 is 0.841 bits per heavy atom. The zero-order valence-corrected chi connectivity index (χ0v) is 47.1. The zero-order chi connectivity index (χ0) is 49.9. The molecule has 0 radical (unpaired) electrons. The second-order valence-corrected chi connectivity index (χ2v) is 21.8. The molecular formula is C65H125NO3. The number of allylic oxidation sites excluding steroid dienone is 5. The molecule has 2 atom stereocenters. The Morgan fingerprint density at radius 2 is 0.565 bits per heavy atom. The molecule has 2 unspecified atom stereocenters. The van der Waals surface area contributed by atoms with E-state index in [-0.39, 0.29) is 12.5 Å². The number of carbonyl (C=O) groups is 1. The van der Waals surface area contributed by atoms with E-state index in [0.29, 0.717) is 6.42 Å². The Kier molecular flexibility index (Phi) is 59.7. The number of hydrogen-bond donors (Lipinski definition) is 3. The average molecular weight is 969 g/mol. The third-order valence-corrected chi connectivity index (χ3v) is 14.9. The second-order valence-electron chi connectivity index (χ2n) is 21.8. The molecule has 0 aromatic heterocycles. The molecule has 0 bridgehead atoms. The Balaban J connectivity index is 3.37. The quantitative estimate of drug-likeness (QED) is 0.0420. The third kappa shape index (κ3) is 57.4. The summed E-state index contributed by atoms with van der Waals surface area (Å²) in [5.74, 6) is -0.0720. The van der Waals surface area contributed by atoms with E-state index >= 15 is 0 Å². The lowest BCUT2D eigenvalue weighted by atomic mass is 10.0. The maximum absolute atomic E-state index is 12.5. The van der Waals surface area contributed by atoms with Crippen LogP contribution in [0.1, 0.15) is 354 Å². The van der Waals surface area contributed by atoms with E-state index in [0.717, 1.165) is 38.5 Å². The third-order valence-electron chi connectivity index (χ3n) is 14.9. The lowest BCUT2D eigenvalue weighted by molar-refractivity contribution is -0.123. The van der Waals surface area contributed by atoms with Crippen LogP contribution in [0.2, 0.25) is 0 Å². The highest BCUT2D eigenvalue weighted by Gasteiger charge is 2.18. The smallest absolute Gasteiger partial charge is 0.220 e. The average Bonchev–Trinajstić information content (AvgIpc) is 3.35. The molecule has 0 fully saturated rings. The minimum Gasteiger partial charge on any atom is -0.394 e. The van der Waals surface area contributed by atoms with Crippen molar-refractivity contribution in [2.45, 2.75) is 366 Å². The largest absolute Gasteiger partial charge is 0.394 e. The molecule has 1 amide bonds. The van der Waals surface area contributed by atoms with Crippen molar-refractivity contribution in [3.63, 3.8) is 0 Å². The molecule has 408 valence electrons. The van der Waals surface area contributed by atoms with Gasteiger partial charge >= 0.3 is 0 Å². The van der Waals surface area contributed by atoms with Gasteiger partial charge in [-0.05, 0) is 44.9 Å². The maximum atomic E-state index is 12.5. The highest BCUT2D eigenvalue weighted by molar-refractivity contribution is 5.76. The Hall–Kier alpha value is -1.39. The number of amides is 1. The number of aliphatic hydroxyl groups excluding tert-OH is 2. The molecule has 0 aliphatic heterocycles. The zero-order valence-electron chi connectivity index (χ0n) is 47.1. The molecule has 0 rings (SSSR count). The van der Waals surface area contributed by atoms with Crippen molar-refractivity contribution in [2.75, 3.05) is 6.61 Å². The fourth-order valence-electron chi connectivity index (χ4n) is 10.0. The topological polar surface area (TPSA) is 69.6 Å². The molecule has 69 heavy (non-hydrogen) atoms. The predicted molar refractivity (Wildman–Crippen MR) is 308 cm³/mol. The van der Waals surface area contributed by atoms with Crippen LogP contribution in [0.3, 0.4) is 0 Å². The molecule has 0 saturated heterocycles. The first-order valence-corrected chi connectivity index (χ1v) is 31.7. The molecule has 0 spiro atoms. The minimum atomic E-state index is -0.868. The van der Waals surface area contributed by atoms with Crippen LogP contribution >= 0.6 is 0 Å². The van der Waals surface area contributed by atoms with Crippen molar-refractivity contribution < 1.29 is 15.0 Å². The van der Waals surface area contributed by atoms with Gasteiger partial charge in [-0.15, -0.1) is 0 Å². The number of nitrogens with one attached hydrogen (secondary N) is 1. The van der Waals surface area contributed by atoms with Crippen molar-refractivity contribution in [1.82, 2.24) is 5.32 Å². The first kappa shape index (κ1) is 67.6. The lowest BCUT2D eigenvalue weighted by Crippen LogP contribution is -2.45. The van der Waals surface area contributed by atoms with Gasteiger partial charge in [-0.2, -0.15) is 0 Å². The molecule has 3 N–H and O–H groups in total. The van der Waals surface area contributed by atoms with Crippen LogP contribution in [0.15, 0.2) is 36.5 Å². The van der Waals surface area contributed by atoms with Gasteiger partial charge in [0.1, 0.15) is 0 Å². The standard InChI is InChI=1S/C65H125NO3/c1-3-5-7-9-11-13-15-17-19-21-22-23-24-25-26-27-28-29-30-31-32-33-34-35-36-37-38-39-40-41-42-43-44-45-47-49-51-53-55-57-59-61-65(69)66-63(62-67)64(68)60-58-56-54-52-50-48-46-20-18-16-14-12-10-8-6-4-2/h18,20,50,52,58,60,63-64,67-68H,3-17,19,21-49,51,53-57,59,61-62H2,1-2H3,(H,66,69)/b20-18+,52-50+,60-58+. The monoisotopic (exact) mass is 968 g/mol. The first-order valence-electron chi connectivity index (χ1n) is 31.7. The van der Waals surface area contributed by atoms with Crippen molar-refractivity contribution in [3.8, 4) is 0 Å². The van der Waals surface area contributed by atoms with E-state index in [1.165, 1.54) is 295 Å². The highest BCUT2D eigenvalue weighted by Crippen LogP contribution is 2.18. The van der Waals surface area contributed by atoms with Crippen LogP contribution in [0.4, 0.5) is 0 Å². The van der Waals surface area contributed by atoms with Gasteiger partial charge in [0, 0.05) is 6.42 Å². The van der Waals surface area contributed by atoms with Crippen LogP contribution in [0.25, 0.3) is 0 Å². The summed E-state index contributed by atoms with van der Waals surface area (Å²) < 4.78 is 0. The molecular weight excluding hydrogens is 843 g/mol. The summed E-state index contributed by atoms with van der Waals surface area (Å²) in [5.41, 5.74) is 0. The highest BCUT2D eigenvalue weighted by atomic mass is 16.3. The summed E-state index contributed by atoms with van der Waals surface area (Å²) in [6.45, 7) is 4.31.